The Morgan fingerprint density at radius 2 is 2.04 bits per heavy atom. The van der Waals surface area contributed by atoms with E-state index in [4.69, 9.17) is 10.2 Å². The first-order valence-corrected chi connectivity index (χ1v) is 7.65. The number of benzene rings is 1. The zero-order chi connectivity index (χ0) is 17.0. The number of aldehydes is 1. The average Bonchev–Trinajstić information content (AvgIpc) is 2.79. The molecule has 1 atom stereocenters. The van der Waals surface area contributed by atoms with E-state index in [-0.39, 0.29) is 19.3 Å². The van der Waals surface area contributed by atoms with Gasteiger partial charge in [0.2, 0.25) is 0 Å². The molecule has 3 N–H and O–H groups in total. The van der Waals surface area contributed by atoms with Gasteiger partial charge in [-0.2, -0.15) is 0 Å². The summed E-state index contributed by atoms with van der Waals surface area (Å²) in [5.74, 6) is -1.94. The zero-order valence-electron chi connectivity index (χ0n) is 12.0. The van der Waals surface area contributed by atoms with E-state index in [9.17, 15) is 14.4 Å². The van der Waals surface area contributed by atoms with E-state index >= 15 is 0 Å². The molecule has 23 heavy (non-hydrogen) atoms. The first kappa shape index (κ1) is 17.0. The van der Waals surface area contributed by atoms with Gasteiger partial charge in [0.1, 0.15) is 6.29 Å². The van der Waals surface area contributed by atoms with Crippen LogP contribution in [0.3, 0.4) is 0 Å². The third kappa shape index (κ3) is 4.32. The molecule has 0 aliphatic rings. The van der Waals surface area contributed by atoms with E-state index in [2.05, 4.69) is 21.4 Å². The van der Waals surface area contributed by atoms with Gasteiger partial charge < -0.3 is 20.4 Å². The minimum Gasteiger partial charge on any atom is -0.481 e. The van der Waals surface area contributed by atoms with E-state index in [0.717, 1.165) is 9.86 Å². The fourth-order valence-corrected chi connectivity index (χ4v) is 2.66. The molecule has 0 amide bonds. The number of carboxylic acids is 2. The Morgan fingerprint density at radius 3 is 2.65 bits per heavy atom. The molecule has 122 valence electrons. The van der Waals surface area contributed by atoms with Crippen LogP contribution in [0.4, 0.5) is 0 Å². The number of carbonyl (C=O) groups excluding carboxylic acids is 1. The number of fused-ring (bicyclic) bond motifs is 1. The number of nitrogens with one attached hydrogen (secondary N) is 1. The molecule has 1 aromatic carbocycles. The van der Waals surface area contributed by atoms with Gasteiger partial charge >= 0.3 is 11.9 Å². The second-order valence-corrected chi connectivity index (χ2v) is 5.98. The maximum Gasteiger partial charge on any atom is 0.307 e. The molecule has 0 fully saturated rings. The first-order valence-electron chi connectivity index (χ1n) is 6.85. The van der Waals surface area contributed by atoms with Gasteiger partial charge in [0.25, 0.3) is 0 Å². The number of halogens is 1. The molecule has 1 heterocycles. The fraction of sp³-hybridized carbons (Fsp3) is 0.267. The van der Waals surface area contributed by atoms with Crippen molar-refractivity contribution in [1.82, 2.24) is 4.68 Å². The molecular weight excluding hydrogens is 368 g/mol. The van der Waals surface area contributed by atoms with Gasteiger partial charge in [-0.3, -0.25) is 14.3 Å². The number of aliphatic carboxylic acids is 2. The van der Waals surface area contributed by atoms with Gasteiger partial charge in [0.15, 0.2) is 0 Å². The zero-order valence-corrected chi connectivity index (χ0v) is 13.6. The van der Waals surface area contributed by atoms with E-state index in [1.807, 2.05) is 0 Å². The first-order chi connectivity index (χ1) is 10.9. The van der Waals surface area contributed by atoms with Gasteiger partial charge in [-0.15, -0.1) is 0 Å². The van der Waals surface area contributed by atoms with Gasteiger partial charge in [-0.05, 0) is 30.2 Å². The van der Waals surface area contributed by atoms with Crippen LogP contribution >= 0.6 is 15.9 Å². The van der Waals surface area contributed by atoms with E-state index in [0.29, 0.717) is 17.4 Å². The number of carbonyl (C=O) groups is 3. The minimum absolute atomic E-state index is 0.136. The number of carboxylic acid groups (broad SMARTS) is 2. The lowest BCUT2D eigenvalue weighted by atomic mass is 10.1. The summed E-state index contributed by atoms with van der Waals surface area (Å²) in [5, 5.41) is 18.5. The summed E-state index contributed by atoms with van der Waals surface area (Å²) < 4.78 is 2.38. The normalized spacial score (nSPS) is 12.0. The van der Waals surface area contributed by atoms with Crippen molar-refractivity contribution in [2.75, 3.05) is 5.43 Å². The van der Waals surface area contributed by atoms with E-state index < -0.39 is 18.0 Å². The highest BCUT2D eigenvalue weighted by atomic mass is 79.9. The van der Waals surface area contributed by atoms with Crippen LogP contribution in [0.1, 0.15) is 18.4 Å². The molecule has 0 bridgehead atoms. The van der Waals surface area contributed by atoms with Crippen LogP contribution in [0.15, 0.2) is 28.9 Å². The van der Waals surface area contributed by atoms with Crippen molar-refractivity contribution in [2.45, 2.75) is 25.3 Å². The highest BCUT2D eigenvalue weighted by Gasteiger charge is 2.15. The maximum atomic E-state index is 11.1. The molecule has 0 unspecified atom stereocenters. The highest BCUT2D eigenvalue weighted by molar-refractivity contribution is 9.10. The summed E-state index contributed by atoms with van der Waals surface area (Å²) in [5.41, 5.74) is 4.23. The van der Waals surface area contributed by atoms with Crippen molar-refractivity contribution in [1.29, 1.82) is 0 Å². The molecule has 0 spiro atoms. The third-order valence-corrected chi connectivity index (χ3v) is 3.82. The Kier molecular flexibility index (Phi) is 5.38. The molecule has 2 rings (SSSR count). The monoisotopic (exact) mass is 382 g/mol. The molecule has 2 aromatic rings. The fourth-order valence-electron chi connectivity index (χ4n) is 2.30. The molecule has 0 saturated carbocycles. The van der Waals surface area contributed by atoms with Crippen LogP contribution in [-0.2, 0) is 20.8 Å². The lowest BCUT2D eigenvalue weighted by molar-refractivity contribution is -0.137. The summed E-state index contributed by atoms with van der Waals surface area (Å²) >= 11 is 3.35. The third-order valence-electron chi connectivity index (χ3n) is 3.33. The predicted octanol–water partition coefficient (Wildman–Crippen LogP) is 2.01. The van der Waals surface area contributed by atoms with Crippen molar-refractivity contribution in [3.05, 3.63) is 34.4 Å². The van der Waals surface area contributed by atoms with Crippen molar-refractivity contribution >= 4 is 45.1 Å². The smallest absolute Gasteiger partial charge is 0.307 e. The summed E-state index contributed by atoms with van der Waals surface area (Å²) in [6, 6.07) is 4.72. The molecule has 0 aliphatic heterocycles. The summed E-state index contributed by atoms with van der Waals surface area (Å²) in [6.07, 6.45) is 2.11. The Labute approximate surface area is 140 Å². The van der Waals surface area contributed by atoms with Crippen LogP contribution in [0.2, 0.25) is 0 Å². The average molecular weight is 383 g/mol. The summed E-state index contributed by atoms with van der Waals surface area (Å²) in [6.45, 7) is 0. The van der Waals surface area contributed by atoms with E-state index in [1.165, 1.54) is 0 Å². The Bertz CT molecular complexity index is 756. The van der Waals surface area contributed by atoms with Gasteiger partial charge in [0.05, 0.1) is 18.0 Å². The van der Waals surface area contributed by atoms with Crippen molar-refractivity contribution in [3.8, 4) is 0 Å². The topological polar surface area (TPSA) is 109 Å². The molecule has 0 aliphatic carbocycles. The summed E-state index contributed by atoms with van der Waals surface area (Å²) in [4.78, 5) is 32.8. The SMILES string of the molecule is O=C[C@H](CCC(=O)O)Nn1cc(CC(=O)O)c2cc(Br)ccc21. The second kappa shape index (κ2) is 7.28. The number of rotatable bonds is 8. The molecule has 0 saturated heterocycles. The van der Waals surface area contributed by atoms with Crippen LogP contribution in [0, 0.1) is 0 Å². The molecule has 0 radical (unpaired) electrons. The van der Waals surface area contributed by atoms with Crippen molar-refractivity contribution in [2.24, 2.45) is 0 Å². The molecule has 1 aromatic heterocycles. The highest BCUT2D eigenvalue weighted by Crippen LogP contribution is 2.25. The van der Waals surface area contributed by atoms with Crippen LogP contribution < -0.4 is 5.43 Å². The van der Waals surface area contributed by atoms with Gasteiger partial charge in [-0.1, -0.05) is 15.9 Å². The Balaban J connectivity index is 2.34. The Morgan fingerprint density at radius 1 is 1.30 bits per heavy atom. The lowest BCUT2D eigenvalue weighted by Gasteiger charge is -2.15. The molecular formula is C15H15BrN2O5. The lowest BCUT2D eigenvalue weighted by Crippen LogP contribution is -2.29. The number of hydrogen-bond donors (Lipinski definition) is 3. The van der Waals surface area contributed by atoms with Crippen LogP contribution in [0.25, 0.3) is 10.9 Å². The van der Waals surface area contributed by atoms with Gasteiger partial charge in [-0.25, -0.2) is 0 Å². The van der Waals surface area contributed by atoms with Crippen molar-refractivity contribution < 1.29 is 24.6 Å². The van der Waals surface area contributed by atoms with Crippen LogP contribution in [0.5, 0.6) is 0 Å². The van der Waals surface area contributed by atoms with Crippen molar-refractivity contribution in [3.63, 3.8) is 0 Å². The predicted molar refractivity (Wildman–Crippen MR) is 87.1 cm³/mol. The minimum atomic E-state index is -0.980. The number of hydrogen-bond acceptors (Lipinski definition) is 4. The maximum absolute atomic E-state index is 11.1. The van der Waals surface area contributed by atoms with Crippen LogP contribution in [-0.4, -0.2) is 39.2 Å². The number of aromatic nitrogens is 1. The molecule has 8 heteroatoms. The van der Waals surface area contributed by atoms with Gasteiger partial charge in [0, 0.05) is 22.5 Å². The second-order valence-electron chi connectivity index (χ2n) is 5.06. The number of nitrogens with zero attached hydrogens (tertiary/aromatic N) is 1. The standard InChI is InChI=1S/C15H15BrN2O5/c16-10-1-3-13-12(6-10)9(5-15(22)23)7-18(13)17-11(8-19)2-4-14(20)21/h1,3,6-8,11,17H,2,4-5H2,(H,20,21)(H,22,23)/t11-/m0/s1. The largest absolute Gasteiger partial charge is 0.481 e. The quantitative estimate of drug-likeness (QED) is 0.602. The summed E-state index contributed by atoms with van der Waals surface area (Å²) in [7, 11) is 0. The molecule has 7 nitrogen and oxygen atoms in total. The Hall–Kier alpha value is -2.35. The van der Waals surface area contributed by atoms with E-state index in [1.54, 1.807) is 29.1 Å².